The van der Waals surface area contributed by atoms with E-state index in [4.69, 9.17) is 4.74 Å². The van der Waals surface area contributed by atoms with E-state index >= 15 is 0 Å². The Balaban J connectivity index is 2.09. The summed E-state index contributed by atoms with van der Waals surface area (Å²) in [6.07, 6.45) is 1.52. The minimum Gasteiger partial charge on any atom is -0.462 e. The van der Waals surface area contributed by atoms with Crippen LogP contribution >= 0.6 is 0 Å². The van der Waals surface area contributed by atoms with E-state index in [-0.39, 0.29) is 28.7 Å². The van der Waals surface area contributed by atoms with Gasteiger partial charge in [-0.15, -0.1) is 0 Å². The molecular weight excluding hydrogens is 422 g/mol. The summed E-state index contributed by atoms with van der Waals surface area (Å²) in [6.45, 7) is 1.60. The maximum atomic E-state index is 14.1. The van der Waals surface area contributed by atoms with Crippen LogP contribution in [0.25, 0.3) is 16.7 Å². The molecule has 0 fully saturated rings. The normalized spacial score (nSPS) is 11.8. The van der Waals surface area contributed by atoms with Crippen molar-refractivity contribution in [1.29, 1.82) is 0 Å². The molecule has 32 heavy (non-hydrogen) atoms. The van der Waals surface area contributed by atoms with Gasteiger partial charge in [0.05, 0.1) is 12.0 Å². The molecule has 0 aliphatic carbocycles. The Morgan fingerprint density at radius 2 is 1.84 bits per heavy atom. The van der Waals surface area contributed by atoms with E-state index in [9.17, 15) is 23.2 Å². The molecule has 0 unspecified atom stereocenters. The van der Waals surface area contributed by atoms with Crippen molar-refractivity contribution in [3.05, 3.63) is 87.3 Å². The van der Waals surface area contributed by atoms with E-state index in [0.29, 0.717) is 5.65 Å². The number of hydrogen-bond donors (Lipinski definition) is 0. The summed E-state index contributed by atoms with van der Waals surface area (Å²) in [6, 6.07) is 9.13. The molecule has 10 heteroatoms. The van der Waals surface area contributed by atoms with Crippen molar-refractivity contribution in [2.75, 3.05) is 6.61 Å². The van der Waals surface area contributed by atoms with E-state index in [1.54, 1.807) is 25.1 Å². The number of amides is 1. The van der Waals surface area contributed by atoms with Crippen LogP contribution in [0.5, 0.6) is 0 Å². The van der Waals surface area contributed by atoms with Crippen LogP contribution in [0.2, 0.25) is 0 Å². The number of benzene rings is 1. The SMILES string of the molecule is CCOC(=O)c1cc2c(=O)n3ccccc3nc2n(C)c1=NC(=O)c1c(F)cccc1F. The monoisotopic (exact) mass is 438 g/mol. The number of carbonyl (C=O) groups excluding carboxylic acids is 2. The highest BCUT2D eigenvalue weighted by Crippen LogP contribution is 2.14. The average Bonchev–Trinajstić information content (AvgIpc) is 2.76. The van der Waals surface area contributed by atoms with Gasteiger partial charge in [0, 0.05) is 13.2 Å². The third-order valence-electron chi connectivity index (χ3n) is 4.79. The van der Waals surface area contributed by atoms with E-state index in [0.717, 1.165) is 18.2 Å². The van der Waals surface area contributed by atoms with Gasteiger partial charge in [-0.3, -0.25) is 14.0 Å². The summed E-state index contributed by atoms with van der Waals surface area (Å²) in [5, 5.41) is 0.0720. The molecule has 162 valence electrons. The Hall–Kier alpha value is -4.21. The number of rotatable bonds is 3. The van der Waals surface area contributed by atoms with E-state index in [1.807, 2.05) is 0 Å². The number of ether oxygens (including phenoxy) is 1. The van der Waals surface area contributed by atoms with Gasteiger partial charge in [0.15, 0.2) is 5.49 Å². The molecule has 0 radical (unpaired) electrons. The summed E-state index contributed by atoms with van der Waals surface area (Å²) < 4.78 is 35.8. The molecule has 3 heterocycles. The van der Waals surface area contributed by atoms with Crippen molar-refractivity contribution in [2.45, 2.75) is 6.92 Å². The summed E-state index contributed by atoms with van der Waals surface area (Å²) in [4.78, 5) is 46.5. The van der Waals surface area contributed by atoms with Crippen molar-refractivity contribution >= 4 is 28.6 Å². The zero-order valence-electron chi connectivity index (χ0n) is 17.0. The standard InChI is InChI=1S/C22H16F2N4O4/c1-3-32-22(31)13-11-12-18(25-16-9-4-5-10-28(16)21(12)30)27(2)19(13)26-20(29)17-14(23)7-6-8-15(17)24/h4-11H,3H2,1-2H3. The number of halogens is 2. The number of hydrogen-bond acceptors (Lipinski definition) is 5. The highest BCUT2D eigenvalue weighted by molar-refractivity contribution is 5.97. The molecule has 0 saturated carbocycles. The maximum Gasteiger partial charge on any atom is 0.341 e. The zero-order valence-corrected chi connectivity index (χ0v) is 17.0. The number of fused-ring (bicyclic) bond motifs is 2. The molecule has 0 aliphatic rings. The van der Waals surface area contributed by atoms with Crippen LogP contribution < -0.4 is 11.0 Å². The number of aromatic nitrogens is 3. The lowest BCUT2D eigenvalue weighted by molar-refractivity contribution is 0.0523. The number of carbonyl (C=O) groups is 2. The Labute approximate surface area is 179 Å². The Morgan fingerprint density at radius 1 is 1.12 bits per heavy atom. The first-order valence-corrected chi connectivity index (χ1v) is 9.54. The van der Waals surface area contributed by atoms with Gasteiger partial charge in [0.2, 0.25) is 0 Å². The smallest absolute Gasteiger partial charge is 0.341 e. The first-order chi connectivity index (χ1) is 15.3. The van der Waals surface area contributed by atoms with Gasteiger partial charge < -0.3 is 9.30 Å². The minimum atomic E-state index is -1.24. The molecule has 1 aromatic carbocycles. The van der Waals surface area contributed by atoms with Crippen LogP contribution in [-0.2, 0) is 11.8 Å². The first-order valence-electron chi connectivity index (χ1n) is 9.54. The number of aryl methyl sites for hydroxylation is 1. The highest BCUT2D eigenvalue weighted by Gasteiger charge is 2.21. The van der Waals surface area contributed by atoms with Crippen LogP contribution in [0.4, 0.5) is 8.78 Å². The lowest BCUT2D eigenvalue weighted by Gasteiger charge is -2.11. The lowest BCUT2D eigenvalue weighted by Crippen LogP contribution is -2.31. The van der Waals surface area contributed by atoms with Crippen LogP contribution in [0, 0.1) is 11.6 Å². The van der Waals surface area contributed by atoms with Crippen molar-refractivity contribution in [3.63, 3.8) is 0 Å². The predicted octanol–water partition coefficient (Wildman–Crippen LogP) is 2.38. The van der Waals surface area contributed by atoms with Crippen molar-refractivity contribution < 1.29 is 23.1 Å². The molecule has 0 spiro atoms. The predicted molar refractivity (Wildman–Crippen MR) is 110 cm³/mol. The quantitative estimate of drug-likeness (QED) is 0.362. The Bertz CT molecular complexity index is 1520. The second-order valence-electron chi connectivity index (χ2n) is 6.76. The number of pyridine rings is 2. The third kappa shape index (κ3) is 3.45. The van der Waals surface area contributed by atoms with Gasteiger partial charge in [-0.2, -0.15) is 4.99 Å². The van der Waals surface area contributed by atoms with Crippen LogP contribution in [0.15, 0.2) is 58.4 Å². The van der Waals surface area contributed by atoms with Crippen LogP contribution in [0.3, 0.4) is 0 Å². The molecule has 3 aromatic heterocycles. The molecule has 4 rings (SSSR count). The van der Waals surface area contributed by atoms with E-state index in [2.05, 4.69) is 9.98 Å². The van der Waals surface area contributed by atoms with Gasteiger partial charge in [-0.25, -0.2) is 18.6 Å². The van der Waals surface area contributed by atoms with Crippen LogP contribution in [0.1, 0.15) is 27.6 Å². The maximum absolute atomic E-state index is 14.1. The first kappa shape index (κ1) is 21.0. The highest BCUT2D eigenvalue weighted by atomic mass is 19.1. The molecule has 1 amide bonds. The van der Waals surface area contributed by atoms with Crippen molar-refractivity contribution in [1.82, 2.24) is 14.0 Å². The molecule has 0 N–H and O–H groups in total. The minimum absolute atomic E-state index is 0.0187. The summed E-state index contributed by atoms with van der Waals surface area (Å²) >= 11 is 0. The third-order valence-corrected chi connectivity index (χ3v) is 4.79. The van der Waals surface area contributed by atoms with Gasteiger partial charge in [-0.1, -0.05) is 12.1 Å². The zero-order chi connectivity index (χ0) is 23.0. The topological polar surface area (TPSA) is 95.0 Å². The fraction of sp³-hybridized carbons (Fsp3) is 0.136. The second-order valence-corrected chi connectivity index (χ2v) is 6.76. The molecular formula is C22H16F2N4O4. The van der Waals surface area contributed by atoms with Gasteiger partial charge in [0.1, 0.15) is 34.1 Å². The summed E-state index contributed by atoms with van der Waals surface area (Å²) in [7, 11) is 1.43. The van der Waals surface area contributed by atoms with Crippen molar-refractivity contribution in [3.8, 4) is 0 Å². The molecule has 0 saturated heterocycles. The molecule has 0 atom stereocenters. The average molecular weight is 438 g/mol. The second kappa shape index (κ2) is 8.14. The largest absolute Gasteiger partial charge is 0.462 e. The van der Waals surface area contributed by atoms with Crippen molar-refractivity contribution in [2.24, 2.45) is 12.0 Å². The summed E-state index contributed by atoms with van der Waals surface area (Å²) in [5.41, 5.74) is -1.35. The van der Waals surface area contributed by atoms with E-state index in [1.165, 1.54) is 28.3 Å². The molecule has 8 nitrogen and oxygen atoms in total. The van der Waals surface area contributed by atoms with Gasteiger partial charge >= 0.3 is 5.97 Å². The lowest BCUT2D eigenvalue weighted by atomic mass is 10.2. The molecule has 0 bridgehead atoms. The number of esters is 1. The number of nitrogens with zero attached hydrogens (tertiary/aromatic N) is 4. The fourth-order valence-electron chi connectivity index (χ4n) is 3.31. The fourth-order valence-corrected chi connectivity index (χ4v) is 3.31. The molecule has 0 aliphatic heterocycles. The molecule has 4 aromatic rings. The Kier molecular flexibility index (Phi) is 5.35. The van der Waals surface area contributed by atoms with Gasteiger partial charge in [0.25, 0.3) is 11.5 Å². The van der Waals surface area contributed by atoms with Crippen LogP contribution in [-0.4, -0.2) is 32.4 Å². The Morgan fingerprint density at radius 3 is 2.53 bits per heavy atom. The summed E-state index contributed by atoms with van der Waals surface area (Å²) in [5.74, 6) is -4.29. The van der Waals surface area contributed by atoms with E-state index < -0.39 is 34.6 Å². The van der Waals surface area contributed by atoms with Gasteiger partial charge in [-0.05, 0) is 37.3 Å².